The average molecular weight is 382 g/mol. The molecule has 0 spiro atoms. The number of hydrogen-bond donors (Lipinski definition) is 3. The van der Waals surface area contributed by atoms with E-state index in [1.807, 2.05) is 0 Å². The molecule has 23 heavy (non-hydrogen) atoms. The van der Waals surface area contributed by atoms with Crippen molar-refractivity contribution in [1.29, 1.82) is 0 Å². The van der Waals surface area contributed by atoms with E-state index in [-0.39, 0.29) is 19.5 Å². The molecule has 0 aliphatic heterocycles. The fourth-order valence-corrected chi connectivity index (χ4v) is 2.69. The van der Waals surface area contributed by atoms with Gasteiger partial charge in [0.05, 0.1) is 0 Å². The zero-order valence-electron chi connectivity index (χ0n) is 14.8. The summed E-state index contributed by atoms with van der Waals surface area (Å²) in [6.07, 6.45) is 16.0. The first-order valence-electron chi connectivity index (χ1n) is 9.20. The van der Waals surface area contributed by atoms with Gasteiger partial charge in [-0.15, -0.1) is 0 Å². The maximum Gasteiger partial charge on any atom is 0.332 e. The molecule has 0 radical (unpaired) electrons. The summed E-state index contributed by atoms with van der Waals surface area (Å²) < 4.78 is 0. The van der Waals surface area contributed by atoms with Gasteiger partial charge < -0.3 is 15.3 Å². The van der Waals surface area contributed by atoms with Crippen molar-refractivity contribution in [2.45, 2.75) is 102 Å². The minimum Gasteiger partial charge on any atom is -0.479 e. The number of rotatable bonds is 17. The molecule has 0 amide bonds. The average Bonchev–Trinajstić information content (AvgIpc) is 2.50. The molecule has 1 unspecified atom stereocenters. The number of aliphatic hydroxyl groups is 2. The molecular weight excluding hydrogens is 346 g/mol. The van der Waals surface area contributed by atoms with Crippen LogP contribution in [0.3, 0.4) is 0 Å². The zero-order valence-corrected chi connectivity index (χ0v) is 17.8. The minimum absolute atomic E-state index is 0. The SMILES string of the molecule is O=C(O)C(O)CCCCCCCCCCCCCCCCO.[Zn]. The van der Waals surface area contributed by atoms with Gasteiger partial charge in [-0.2, -0.15) is 0 Å². The van der Waals surface area contributed by atoms with Crippen molar-refractivity contribution in [3.05, 3.63) is 0 Å². The van der Waals surface area contributed by atoms with E-state index in [9.17, 15) is 4.79 Å². The molecule has 3 N–H and O–H groups in total. The summed E-state index contributed by atoms with van der Waals surface area (Å²) in [6, 6.07) is 0. The summed E-state index contributed by atoms with van der Waals surface area (Å²) in [7, 11) is 0. The van der Waals surface area contributed by atoms with Gasteiger partial charge >= 0.3 is 5.97 Å². The third-order valence-corrected chi connectivity index (χ3v) is 4.17. The molecule has 0 heterocycles. The summed E-state index contributed by atoms with van der Waals surface area (Å²) >= 11 is 0. The predicted molar refractivity (Wildman–Crippen MR) is 90.0 cm³/mol. The van der Waals surface area contributed by atoms with E-state index >= 15 is 0 Å². The van der Waals surface area contributed by atoms with E-state index in [0.717, 1.165) is 25.7 Å². The zero-order chi connectivity index (χ0) is 16.5. The Labute approximate surface area is 154 Å². The molecule has 0 aromatic carbocycles. The number of aliphatic hydroxyl groups excluding tert-OH is 2. The second-order valence-electron chi connectivity index (χ2n) is 6.32. The maximum atomic E-state index is 10.4. The van der Waals surface area contributed by atoms with Crippen molar-refractivity contribution in [2.75, 3.05) is 6.61 Å². The van der Waals surface area contributed by atoms with E-state index < -0.39 is 12.1 Å². The number of carboxylic acid groups (broad SMARTS) is 1. The van der Waals surface area contributed by atoms with E-state index in [4.69, 9.17) is 15.3 Å². The summed E-state index contributed by atoms with van der Waals surface area (Å²) in [4.78, 5) is 10.4. The summed E-state index contributed by atoms with van der Waals surface area (Å²) in [5.41, 5.74) is 0. The molecule has 0 aliphatic rings. The maximum absolute atomic E-state index is 10.4. The van der Waals surface area contributed by atoms with Crippen molar-refractivity contribution in [1.82, 2.24) is 0 Å². The molecule has 134 valence electrons. The van der Waals surface area contributed by atoms with Gasteiger partial charge in [-0.25, -0.2) is 4.79 Å². The van der Waals surface area contributed by atoms with Gasteiger partial charge in [-0.3, -0.25) is 0 Å². The van der Waals surface area contributed by atoms with Gasteiger partial charge in [0.1, 0.15) is 0 Å². The first-order chi connectivity index (χ1) is 10.7. The van der Waals surface area contributed by atoms with Crippen molar-refractivity contribution in [3.63, 3.8) is 0 Å². The van der Waals surface area contributed by atoms with Crippen LogP contribution in [0.1, 0.15) is 96.3 Å². The smallest absolute Gasteiger partial charge is 0.332 e. The van der Waals surface area contributed by atoms with Crippen LogP contribution in [0.15, 0.2) is 0 Å². The van der Waals surface area contributed by atoms with E-state index in [1.54, 1.807) is 0 Å². The Balaban J connectivity index is 0. The largest absolute Gasteiger partial charge is 0.479 e. The first-order valence-corrected chi connectivity index (χ1v) is 9.20. The second-order valence-corrected chi connectivity index (χ2v) is 6.32. The number of hydrogen-bond acceptors (Lipinski definition) is 3. The molecule has 0 aromatic rings. The fraction of sp³-hybridized carbons (Fsp3) is 0.944. The van der Waals surface area contributed by atoms with Crippen molar-refractivity contribution in [2.24, 2.45) is 0 Å². The Kier molecular flexibility index (Phi) is 22.0. The van der Waals surface area contributed by atoms with Crippen LogP contribution in [-0.2, 0) is 24.3 Å². The Morgan fingerprint density at radius 3 is 1.26 bits per heavy atom. The van der Waals surface area contributed by atoms with Gasteiger partial charge in [-0.1, -0.05) is 83.5 Å². The topological polar surface area (TPSA) is 77.8 Å². The Morgan fingerprint density at radius 1 is 0.652 bits per heavy atom. The van der Waals surface area contributed by atoms with Crippen LogP contribution in [-0.4, -0.2) is 34.0 Å². The van der Waals surface area contributed by atoms with Gasteiger partial charge in [0.25, 0.3) is 0 Å². The Bertz CT molecular complexity index is 249. The Morgan fingerprint density at radius 2 is 0.957 bits per heavy atom. The molecular formula is C18H36O4Zn. The van der Waals surface area contributed by atoms with Crippen LogP contribution in [0.25, 0.3) is 0 Å². The van der Waals surface area contributed by atoms with Gasteiger partial charge in [0.15, 0.2) is 6.10 Å². The van der Waals surface area contributed by atoms with Crippen LogP contribution in [0.2, 0.25) is 0 Å². The molecule has 0 bridgehead atoms. The first kappa shape index (κ1) is 25.3. The van der Waals surface area contributed by atoms with Crippen LogP contribution < -0.4 is 0 Å². The molecule has 0 saturated heterocycles. The quantitative estimate of drug-likeness (QED) is 0.259. The van der Waals surface area contributed by atoms with Crippen molar-refractivity contribution >= 4 is 5.97 Å². The monoisotopic (exact) mass is 380 g/mol. The molecule has 0 aliphatic carbocycles. The third-order valence-electron chi connectivity index (χ3n) is 4.17. The van der Waals surface area contributed by atoms with E-state index in [2.05, 4.69) is 0 Å². The molecule has 4 nitrogen and oxygen atoms in total. The Hall–Kier alpha value is 0.0134. The van der Waals surface area contributed by atoms with Crippen LogP contribution in [0.4, 0.5) is 0 Å². The van der Waals surface area contributed by atoms with Crippen LogP contribution >= 0.6 is 0 Å². The number of carbonyl (C=O) groups is 1. The fourth-order valence-electron chi connectivity index (χ4n) is 2.69. The molecule has 5 heteroatoms. The summed E-state index contributed by atoms with van der Waals surface area (Å²) in [6.45, 7) is 0.333. The third kappa shape index (κ3) is 20.0. The number of unbranched alkanes of at least 4 members (excludes halogenated alkanes) is 13. The second kappa shape index (κ2) is 20.1. The van der Waals surface area contributed by atoms with E-state index in [0.29, 0.717) is 13.0 Å². The predicted octanol–water partition coefficient (Wildman–Crippen LogP) is 4.27. The van der Waals surface area contributed by atoms with Crippen molar-refractivity contribution < 1.29 is 39.6 Å². The summed E-state index contributed by atoms with van der Waals surface area (Å²) in [5.74, 6) is -1.10. The van der Waals surface area contributed by atoms with Crippen LogP contribution in [0.5, 0.6) is 0 Å². The molecule has 0 aromatic heterocycles. The normalized spacial score (nSPS) is 11.9. The molecule has 0 saturated carbocycles. The number of carboxylic acids is 1. The van der Waals surface area contributed by atoms with Gasteiger partial charge in [-0.05, 0) is 12.8 Å². The molecule has 0 rings (SSSR count). The van der Waals surface area contributed by atoms with Crippen molar-refractivity contribution in [3.8, 4) is 0 Å². The minimum atomic E-state index is -1.18. The van der Waals surface area contributed by atoms with Crippen LogP contribution in [0, 0.1) is 0 Å². The standard InChI is InChI=1S/C18H36O4.Zn/c19-16-14-12-10-8-6-4-2-1-3-5-7-9-11-13-15-17(20)18(21)22;/h17,19-20H,1-16H2,(H,21,22);. The molecule has 0 fully saturated rings. The van der Waals surface area contributed by atoms with Gasteiger partial charge in [0.2, 0.25) is 0 Å². The van der Waals surface area contributed by atoms with E-state index in [1.165, 1.54) is 64.2 Å². The number of aliphatic carboxylic acids is 1. The molecule has 1 atom stereocenters. The summed E-state index contributed by atoms with van der Waals surface area (Å²) in [5, 5.41) is 26.3. The van der Waals surface area contributed by atoms with Gasteiger partial charge in [0, 0.05) is 26.1 Å².